The Labute approximate surface area is 125 Å². The molecule has 1 rings (SSSR count). The first kappa shape index (κ1) is 17.0. The van der Waals surface area contributed by atoms with Crippen LogP contribution in [0.4, 0.5) is 5.69 Å². The van der Waals surface area contributed by atoms with E-state index in [1.807, 2.05) is 20.8 Å². The second-order valence-electron chi connectivity index (χ2n) is 5.31. The number of esters is 1. The number of hydrogen-bond acceptors (Lipinski definition) is 4. The fraction of sp³-hybridized carbons (Fsp3) is 0.500. The fourth-order valence-electron chi connectivity index (χ4n) is 1.47. The van der Waals surface area contributed by atoms with E-state index in [9.17, 15) is 9.59 Å². The molecule has 0 spiro atoms. The van der Waals surface area contributed by atoms with E-state index in [1.54, 1.807) is 31.2 Å². The summed E-state index contributed by atoms with van der Waals surface area (Å²) >= 11 is 0. The molecule has 5 heteroatoms. The van der Waals surface area contributed by atoms with E-state index in [2.05, 4.69) is 5.32 Å². The second-order valence-corrected chi connectivity index (χ2v) is 5.31. The molecule has 0 saturated heterocycles. The molecule has 1 aromatic carbocycles. The maximum atomic E-state index is 12.1. The van der Waals surface area contributed by atoms with Crippen LogP contribution in [-0.2, 0) is 14.3 Å². The Morgan fingerprint density at radius 1 is 1.24 bits per heavy atom. The first-order valence-corrected chi connectivity index (χ1v) is 7.09. The Kier molecular flexibility index (Phi) is 6.21. The molecule has 0 bridgehead atoms. The van der Waals surface area contributed by atoms with E-state index in [4.69, 9.17) is 9.47 Å². The zero-order valence-corrected chi connectivity index (χ0v) is 13.1. The highest BCUT2D eigenvalue weighted by Crippen LogP contribution is 2.24. The monoisotopic (exact) mass is 293 g/mol. The predicted octanol–water partition coefficient (Wildman–Crippen LogP) is 3.00. The average Bonchev–Trinajstić information content (AvgIpc) is 2.46. The molecule has 5 nitrogen and oxygen atoms in total. The van der Waals surface area contributed by atoms with E-state index < -0.39 is 11.4 Å². The van der Waals surface area contributed by atoms with Gasteiger partial charge in [-0.15, -0.1) is 0 Å². The lowest BCUT2D eigenvalue weighted by Crippen LogP contribution is -2.29. The largest absolute Gasteiger partial charge is 0.482 e. The minimum absolute atomic E-state index is 0.0486. The molecule has 0 unspecified atom stereocenters. The van der Waals surface area contributed by atoms with Gasteiger partial charge >= 0.3 is 5.97 Å². The number of hydrogen-bond donors (Lipinski definition) is 1. The van der Waals surface area contributed by atoms with Crippen molar-refractivity contribution in [3.63, 3.8) is 0 Å². The molecule has 1 amide bonds. The van der Waals surface area contributed by atoms with Gasteiger partial charge in [0.15, 0.2) is 6.61 Å². The molecule has 0 fully saturated rings. The van der Waals surface area contributed by atoms with E-state index in [0.29, 0.717) is 18.0 Å². The van der Waals surface area contributed by atoms with Crippen LogP contribution in [0, 0.1) is 5.41 Å². The van der Waals surface area contributed by atoms with Crippen molar-refractivity contribution in [2.75, 3.05) is 18.5 Å². The first-order chi connectivity index (χ1) is 9.89. The Morgan fingerprint density at radius 3 is 2.57 bits per heavy atom. The molecule has 116 valence electrons. The van der Waals surface area contributed by atoms with E-state index in [-0.39, 0.29) is 12.5 Å². The van der Waals surface area contributed by atoms with Crippen LogP contribution in [-0.4, -0.2) is 25.1 Å². The molecule has 21 heavy (non-hydrogen) atoms. The highest BCUT2D eigenvalue weighted by molar-refractivity contribution is 5.94. The third-order valence-corrected chi connectivity index (χ3v) is 3.25. The lowest BCUT2D eigenvalue weighted by molar-refractivity contribution is -0.145. The molecule has 0 radical (unpaired) electrons. The smallest absolute Gasteiger partial charge is 0.344 e. The third-order valence-electron chi connectivity index (χ3n) is 3.25. The maximum Gasteiger partial charge on any atom is 0.344 e. The molecule has 0 aliphatic heterocycles. The Hall–Kier alpha value is -2.04. The number of anilines is 1. The lowest BCUT2D eigenvalue weighted by atomic mass is 9.89. The van der Waals surface area contributed by atoms with Gasteiger partial charge in [-0.05, 0) is 25.5 Å². The summed E-state index contributed by atoms with van der Waals surface area (Å²) < 4.78 is 10.1. The molecular formula is C16H23NO4. The standard InChI is InChI=1S/C16H23NO4/c1-5-16(3,4)15(19)17-12-8-7-9-13(10-12)21-11-14(18)20-6-2/h7-10H,5-6,11H2,1-4H3,(H,17,19). The molecule has 0 aliphatic rings. The van der Waals surface area contributed by atoms with Crippen LogP contribution in [0.25, 0.3) is 0 Å². The summed E-state index contributed by atoms with van der Waals surface area (Å²) in [5.74, 6) is 0.0433. The summed E-state index contributed by atoms with van der Waals surface area (Å²) in [6.45, 7) is 7.67. The molecular weight excluding hydrogens is 270 g/mol. The zero-order valence-electron chi connectivity index (χ0n) is 13.1. The maximum absolute atomic E-state index is 12.1. The van der Waals surface area contributed by atoms with Crippen LogP contribution >= 0.6 is 0 Å². The van der Waals surface area contributed by atoms with E-state index in [1.165, 1.54) is 0 Å². The van der Waals surface area contributed by atoms with Crippen LogP contribution in [0.1, 0.15) is 34.1 Å². The van der Waals surface area contributed by atoms with Crippen molar-refractivity contribution in [3.8, 4) is 5.75 Å². The quantitative estimate of drug-likeness (QED) is 0.785. The first-order valence-electron chi connectivity index (χ1n) is 7.09. The normalized spacial score (nSPS) is 10.9. The summed E-state index contributed by atoms with van der Waals surface area (Å²) in [6, 6.07) is 6.94. The summed E-state index contributed by atoms with van der Waals surface area (Å²) in [5, 5.41) is 2.85. The molecule has 1 aromatic rings. The van der Waals surface area contributed by atoms with Crippen molar-refractivity contribution in [3.05, 3.63) is 24.3 Å². The van der Waals surface area contributed by atoms with Crippen LogP contribution in [0.15, 0.2) is 24.3 Å². The predicted molar refractivity (Wildman–Crippen MR) is 81.3 cm³/mol. The number of amides is 1. The summed E-state index contributed by atoms with van der Waals surface area (Å²) in [4.78, 5) is 23.3. The summed E-state index contributed by atoms with van der Waals surface area (Å²) in [7, 11) is 0. The minimum atomic E-state index is -0.429. The summed E-state index contributed by atoms with van der Waals surface area (Å²) in [6.07, 6.45) is 0.748. The van der Waals surface area contributed by atoms with Crippen LogP contribution < -0.4 is 10.1 Å². The number of ether oxygens (including phenoxy) is 2. The fourth-order valence-corrected chi connectivity index (χ4v) is 1.47. The van der Waals surface area contributed by atoms with Crippen molar-refractivity contribution in [2.24, 2.45) is 5.41 Å². The van der Waals surface area contributed by atoms with Gasteiger partial charge in [0.05, 0.1) is 6.61 Å². The van der Waals surface area contributed by atoms with Gasteiger partial charge in [-0.3, -0.25) is 4.79 Å². The number of carbonyl (C=O) groups excluding carboxylic acids is 2. The SMILES string of the molecule is CCOC(=O)COc1cccc(NC(=O)C(C)(C)CC)c1. The van der Waals surface area contributed by atoms with Gasteiger partial charge in [0.2, 0.25) is 5.91 Å². The van der Waals surface area contributed by atoms with Gasteiger partial charge < -0.3 is 14.8 Å². The van der Waals surface area contributed by atoms with Gasteiger partial charge in [0.25, 0.3) is 0 Å². The van der Waals surface area contributed by atoms with Gasteiger partial charge in [-0.1, -0.05) is 26.8 Å². The molecule has 0 atom stereocenters. The van der Waals surface area contributed by atoms with Gasteiger partial charge in [-0.25, -0.2) is 4.79 Å². The zero-order chi connectivity index (χ0) is 15.9. The van der Waals surface area contributed by atoms with Crippen molar-refractivity contribution >= 4 is 17.6 Å². The van der Waals surface area contributed by atoms with Crippen molar-refractivity contribution < 1.29 is 19.1 Å². The second kappa shape index (κ2) is 7.67. The molecule has 0 saturated carbocycles. The van der Waals surface area contributed by atoms with Gasteiger partial charge in [0, 0.05) is 17.2 Å². The van der Waals surface area contributed by atoms with Crippen molar-refractivity contribution in [1.29, 1.82) is 0 Å². The average molecular weight is 293 g/mol. The molecule has 0 aliphatic carbocycles. The van der Waals surface area contributed by atoms with Crippen LogP contribution in [0.2, 0.25) is 0 Å². The number of carbonyl (C=O) groups is 2. The number of nitrogens with one attached hydrogen (secondary N) is 1. The van der Waals surface area contributed by atoms with Gasteiger partial charge in [0.1, 0.15) is 5.75 Å². The van der Waals surface area contributed by atoms with Gasteiger partial charge in [-0.2, -0.15) is 0 Å². The lowest BCUT2D eigenvalue weighted by Gasteiger charge is -2.21. The highest BCUT2D eigenvalue weighted by atomic mass is 16.6. The van der Waals surface area contributed by atoms with E-state index >= 15 is 0 Å². The Balaban J connectivity index is 2.64. The van der Waals surface area contributed by atoms with Crippen LogP contribution in [0.5, 0.6) is 5.75 Å². The Bertz CT molecular complexity index is 497. The van der Waals surface area contributed by atoms with Crippen molar-refractivity contribution in [2.45, 2.75) is 34.1 Å². The number of benzene rings is 1. The molecule has 1 N–H and O–H groups in total. The molecule has 0 aromatic heterocycles. The van der Waals surface area contributed by atoms with E-state index in [0.717, 1.165) is 6.42 Å². The van der Waals surface area contributed by atoms with Crippen LogP contribution in [0.3, 0.4) is 0 Å². The molecule has 0 heterocycles. The minimum Gasteiger partial charge on any atom is -0.482 e. The topological polar surface area (TPSA) is 64.6 Å². The summed E-state index contributed by atoms with van der Waals surface area (Å²) in [5.41, 5.74) is 0.213. The van der Waals surface area contributed by atoms with Crippen molar-refractivity contribution in [1.82, 2.24) is 0 Å². The highest BCUT2D eigenvalue weighted by Gasteiger charge is 2.25. The number of rotatable bonds is 7. The third kappa shape index (κ3) is 5.45. The Morgan fingerprint density at radius 2 is 1.95 bits per heavy atom.